The third kappa shape index (κ3) is 5.29. The van der Waals surface area contributed by atoms with Crippen LogP contribution in [0, 0.1) is 13.8 Å². The number of aliphatic hydroxyl groups is 1. The molecule has 3 N–H and O–H groups in total. The van der Waals surface area contributed by atoms with E-state index in [0.717, 1.165) is 41.4 Å². The molecule has 1 heterocycles. The Morgan fingerprint density at radius 1 is 1.27 bits per heavy atom. The molecule has 2 rings (SSSR count). The third-order valence-corrected chi connectivity index (χ3v) is 4.83. The average molecular weight is 376 g/mol. The minimum Gasteiger partial charge on any atom is -0.396 e. The second-order valence-electron chi connectivity index (χ2n) is 6.75. The molecular weight excluding hydrogens is 346 g/mol. The standard InChI is InChI=1S/C20H29N3O2S/c1-4-5-7-21-20(26)23(8-6-9-24)13-16-12-17-15(3)10-14(2)11-18(17)22-19(16)25/h10-12,24H,4-9,13H2,1-3H3,(H,21,26)(H,22,25). The molecule has 0 radical (unpaired) electrons. The van der Waals surface area contributed by atoms with Gasteiger partial charge in [0.25, 0.3) is 5.56 Å². The molecule has 0 spiro atoms. The van der Waals surface area contributed by atoms with Crippen molar-refractivity contribution in [1.82, 2.24) is 15.2 Å². The van der Waals surface area contributed by atoms with E-state index >= 15 is 0 Å². The molecule has 0 amide bonds. The number of unbranched alkanes of at least 4 members (excludes halogenated alkanes) is 1. The highest BCUT2D eigenvalue weighted by molar-refractivity contribution is 7.80. The summed E-state index contributed by atoms with van der Waals surface area (Å²) in [4.78, 5) is 17.5. The van der Waals surface area contributed by atoms with Gasteiger partial charge in [0.05, 0.1) is 6.54 Å². The number of aromatic nitrogens is 1. The number of hydrogen-bond donors (Lipinski definition) is 3. The van der Waals surface area contributed by atoms with Gasteiger partial charge in [0, 0.05) is 36.2 Å². The molecule has 2 aromatic rings. The molecule has 0 atom stereocenters. The first kappa shape index (κ1) is 20.4. The predicted molar refractivity (Wildman–Crippen MR) is 112 cm³/mol. The van der Waals surface area contributed by atoms with E-state index in [4.69, 9.17) is 12.2 Å². The van der Waals surface area contributed by atoms with Crippen molar-refractivity contribution in [3.8, 4) is 0 Å². The van der Waals surface area contributed by atoms with E-state index in [2.05, 4.69) is 30.2 Å². The highest BCUT2D eigenvalue weighted by Crippen LogP contribution is 2.19. The summed E-state index contributed by atoms with van der Waals surface area (Å²) in [5, 5.41) is 14.1. The number of aliphatic hydroxyl groups excluding tert-OH is 1. The van der Waals surface area contributed by atoms with Crippen molar-refractivity contribution in [2.45, 2.75) is 46.6 Å². The first-order chi connectivity index (χ1) is 12.5. The molecule has 0 aliphatic carbocycles. The Kier molecular flexibility index (Phi) is 7.60. The van der Waals surface area contributed by atoms with Gasteiger partial charge in [0.1, 0.15) is 0 Å². The van der Waals surface area contributed by atoms with Crippen molar-refractivity contribution in [1.29, 1.82) is 0 Å². The Balaban J connectivity index is 2.27. The van der Waals surface area contributed by atoms with Crippen LogP contribution < -0.4 is 10.9 Å². The maximum absolute atomic E-state index is 12.6. The van der Waals surface area contributed by atoms with Gasteiger partial charge < -0.3 is 20.3 Å². The first-order valence-corrected chi connectivity index (χ1v) is 9.64. The topological polar surface area (TPSA) is 68.4 Å². The largest absolute Gasteiger partial charge is 0.396 e. The van der Waals surface area contributed by atoms with E-state index < -0.39 is 0 Å². The lowest BCUT2D eigenvalue weighted by molar-refractivity contribution is 0.264. The van der Waals surface area contributed by atoms with Gasteiger partial charge in [-0.15, -0.1) is 0 Å². The number of H-pyrrole nitrogens is 1. The number of thiocarbonyl (C=S) groups is 1. The molecule has 142 valence electrons. The van der Waals surface area contributed by atoms with Gasteiger partial charge >= 0.3 is 0 Å². The van der Waals surface area contributed by atoms with Gasteiger partial charge in [0.15, 0.2) is 5.11 Å². The van der Waals surface area contributed by atoms with Gasteiger partial charge in [-0.2, -0.15) is 0 Å². The van der Waals surface area contributed by atoms with E-state index in [1.165, 1.54) is 0 Å². The molecule has 0 saturated heterocycles. The monoisotopic (exact) mass is 375 g/mol. The van der Waals surface area contributed by atoms with E-state index in [9.17, 15) is 9.90 Å². The van der Waals surface area contributed by atoms with E-state index in [1.807, 2.05) is 24.0 Å². The molecule has 1 aromatic heterocycles. The van der Waals surface area contributed by atoms with Crippen molar-refractivity contribution in [2.24, 2.45) is 0 Å². The van der Waals surface area contributed by atoms with Crippen molar-refractivity contribution >= 4 is 28.2 Å². The van der Waals surface area contributed by atoms with E-state index in [0.29, 0.717) is 30.2 Å². The Morgan fingerprint density at radius 2 is 2.04 bits per heavy atom. The fraction of sp³-hybridized carbons (Fsp3) is 0.500. The van der Waals surface area contributed by atoms with Crippen molar-refractivity contribution < 1.29 is 5.11 Å². The summed E-state index contributed by atoms with van der Waals surface area (Å²) < 4.78 is 0. The number of fused-ring (bicyclic) bond motifs is 1. The van der Waals surface area contributed by atoms with Crippen LogP contribution in [0.1, 0.15) is 42.9 Å². The number of aryl methyl sites for hydroxylation is 2. The average Bonchev–Trinajstić information content (AvgIpc) is 2.59. The van der Waals surface area contributed by atoms with Crippen LogP contribution in [0.2, 0.25) is 0 Å². The summed E-state index contributed by atoms with van der Waals surface area (Å²) in [7, 11) is 0. The molecular formula is C20H29N3O2S. The smallest absolute Gasteiger partial charge is 0.253 e. The van der Waals surface area contributed by atoms with Crippen LogP contribution in [0.15, 0.2) is 23.0 Å². The SMILES string of the molecule is CCCCNC(=S)N(CCCO)Cc1cc2c(C)cc(C)cc2[nH]c1=O. The number of rotatable bonds is 8. The normalized spacial score (nSPS) is 10.9. The Labute approximate surface area is 160 Å². The summed E-state index contributed by atoms with van der Waals surface area (Å²) in [6.07, 6.45) is 2.75. The van der Waals surface area contributed by atoms with Crippen molar-refractivity contribution in [3.63, 3.8) is 0 Å². The molecule has 1 aromatic carbocycles. The maximum atomic E-state index is 12.6. The van der Waals surface area contributed by atoms with Gasteiger partial charge in [-0.25, -0.2) is 0 Å². The van der Waals surface area contributed by atoms with Crippen LogP contribution in [-0.4, -0.2) is 39.8 Å². The van der Waals surface area contributed by atoms with Gasteiger partial charge in [-0.3, -0.25) is 4.79 Å². The Morgan fingerprint density at radius 3 is 2.73 bits per heavy atom. The van der Waals surface area contributed by atoms with Crippen LogP contribution in [0.25, 0.3) is 10.9 Å². The zero-order valence-corrected chi connectivity index (χ0v) is 16.7. The zero-order valence-electron chi connectivity index (χ0n) is 15.9. The number of pyridine rings is 1. The Hall–Kier alpha value is -1.92. The molecule has 26 heavy (non-hydrogen) atoms. The molecule has 0 unspecified atom stereocenters. The van der Waals surface area contributed by atoms with E-state index in [-0.39, 0.29) is 12.2 Å². The fourth-order valence-corrected chi connectivity index (χ4v) is 3.29. The van der Waals surface area contributed by atoms with Gasteiger partial charge in [0.2, 0.25) is 0 Å². The molecule has 0 bridgehead atoms. The molecule has 0 aliphatic heterocycles. The summed E-state index contributed by atoms with van der Waals surface area (Å²) >= 11 is 5.50. The van der Waals surface area contributed by atoms with Crippen LogP contribution in [0.3, 0.4) is 0 Å². The lowest BCUT2D eigenvalue weighted by Gasteiger charge is -2.25. The minimum absolute atomic E-state index is 0.0899. The summed E-state index contributed by atoms with van der Waals surface area (Å²) in [6, 6.07) is 6.07. The number of hydrogen-bond acceptors (Lipinski definition) is 3. The lowest BCUT2D eigenvalue weighted by Crippen LogP contribution is -2.41. The highest BCUT2D eigenvalue weighted by Gasteiger charge is 2.13. The second kappa shape index (κ2) is 9.69. The van der Waals surface area contributed by atoms with Gasteiger partial charge in [-0.1, -0.05) is 19.4 Å². The summed E-state index contributed by atoms with van der Waals surface area (Å²) in [5.41, 5.74) is 3.73. The zero-order chi connectivity index (χ0) is 19.1. The predicted octanol–water partition coefficient (Wildman–Crippen LogP) is 3.00. The number of nitrogens with zero attached hydrogens (tertiary/aromatic N) is 1. The number of benzene rings is 1. The molecule has 0 aliphatic rings. The molecule has 0 saturated carbocycles. The van der Waals surface area contributed by atoms with Crippen molar-refractivity contribution in [3.05, 3.63) is 45.2 Å². The first-order valence-electron chi connectivity index (χ1n) is 9.23. The highest BCUT2D eigenvalue weighted by atomic mass is 32.1. The quantitative estimate of drug-likeness (QED) is 0.489. The lowest BCUT2D eigenvalue weighted by atomic mass is 10.0. The summed E-state index contributed by atoms with van der Waals surface area (Å²) in [6.45, 7) is 8.16. The van der Waals surface area contributed by atoms with Crippen LogP contribution in [0.5, 0.6) is 0 Å². The van der Waals surface area contributed by atoms with Crippen LogP contribution in [-0.2, 0) is 6.54 Å². The number of aromatic amines is 1. The van der Waals surface area contributed by atoms with Crippen LogP contribution in [0.4, 0.5) is 0 Å². The van der Waals surface area contributed by atoms with E-state index in [1.54, 1.807) is 0 Å². The molecule has 6 heteroatoms. The maximum Gasteiger partial charge on any atom is 0.253 e. The van der Waals surface area contributed by atoms with Crippen molar-refractivity contribution in [2.75, 3.05) is 19.7 Å². The molecule has 5 nitrogen and oxygen atoms in total. The minimum atomic E-state index is -0.0899. The Bertz CT molecular complexity index is 817. The number of nitrogens with one attached hydrogen (secondary N) is 2. The molecule has 0 fully saturated rings. The van der Waals surface area contributed by atoms with Gasteiger partial charge in [-0.05, 0) is 62.2 Å². The second-order valence-corrected chi connectivity index (χ2v) is 7.14. The van der Waals surface area contributed by atoms with Crippen LogP contribution >= 0.6 is 12.2 Å². The fourth-order valence-electron chi connectivity index (χ4n) is 3.04. The third-order valence-electron chi connectivity index (χ3n) is 4.43. The summed E-state index contributed by atoms with van der Waals surface area (Å²) in [5.74, 6) is 0.